The molecule has 0 radical (unpaired) electrons. The van der Waals surface area contributed by atoms with Crippen LogP contribution in [-0.2, 0) is 13.6 Å². The molecule has 112 valence electrons. The van der Waals surface area contributed by atoms with E-state index in [1.54, 1.807) is 22.9 Å². The summed E-state index contributed by atoms with van der Waals surface area (Å²) in [7, 11) is 1.35. The molecule has 0 spiro atoms. The van der Waals surface area contributed by atoms with Crippen molar-refractivity contribution in [2.75, 3.05) is 0 Å². The van der Waals surface area contributed by atoms with Crippen molar-refractivity contribution in [3.8, 4) is 22.8 Å². The minimum atomic E-state index is -0.625. The zero-order chi connectivity index (χ0) is 15.9. The van der Waals surface area contributed by atoms with Gasteiger partial charge in [0.25, 0.3) is 5.56 Å². The molecule has 0 unspecified atom stereocenters. The Labute approximate surface area is 124 Å². The highest BCUT2D eigenvalue weighted by molar-refractivity contribution is 5.63. The van der Waals surface area contributed by atoms with Gasteiger partial charge in [-0.3, -0.25) is 9.36 Å². The molecular formula is C15H13FN4O2. The van der Waals surface area contributed by atoms with Crippen LogP contribution in [0.15, 0.2) is 40.1 Å². The van der Waals surface area contributed by atoms with Crippen molar-refractivity contribution in [3.63, 3.8) is 0 Å². The van der Waals surface area contributed by atoms with Crippen molar-refractivity contribution in [2.24, 2.45) is 7.05 Å². The van der Waals surface area contributed by atoms with Gasteiger partial charge >= 0.3 is 5.69 Å². The summed E-state index contributed by atoms with van der Waals surface area (Å²) in [5, 5.41) is 0. The number of fused-ring (bicyclic) bond motifs is 1. The van der Waals surface area contributed by atoms with E-state index in [-0.39, 0.29) is 17.3 Å². The third kappa shape index (κ3) is 2.20. The second-order valence-electron chi connectivity index (χ2n) is 4.85. The van der Waals surface area contributed by atoms with Gasteiger partial charge in [-0.25, -0.2) is 14.2 Å². The normalized spacial score (nSPS) is 11.0. The molecule has 22 heavy (non-hydrogen) atoms. The van der Waals surface area contributed by atoms with Gasteiger partial charge in [-0.1, -0.05) is 12.1 Å². The van der Waals surface area contributed by atoms with Crippen molar-refractivity contribution in [1.82, 2.24) is 19.1 Å². The molecule has 2 aliphatic rings. The Hall–Kier alpha value is -2.83. The Morgan fingerprint density at radius 3 is 2.68 bits per heavy atom. The van der Waals surface area contributed by atoms with Crippen molar-refractivity contribution in [2.45, 2.75) is 13.5 Å². The van der Waals surface area contributed by atoms with Crippen LogP contribution in [0.4, 0.5) is 4.39 Å². The molecule has 0 amide bonds. The number of nitrogens with zero attached hydrogens (tertiary/aromatic N) is 4. The van der Waals surface area contributed by atoms with E-state index in [0.29, 0.717) is 17.8 Å². The lowest BCUT2D eigenvalue weighted by Crippen LogP contribution is -2.36. The van der Waals surface area contributed by atoms with E-state index in [2.05, 4.69) is 9.97 Å². The number of aryl methyl sites for hydroxylation is 1. The highest BCUT2D eigenvalue weighted by atomic mass is 19.1. The summed E-state index contributed by atoms with van der Waals surface area (Å²) in [5.74, 6) is -0.154. The van der Waals surface area contributed by atoms with Crippen LogP contribution in [-0.4, -0.2) is 19.1 Å². The zero-order valence-electron chi connectivity index (χ0n) is 12.1. The molecule has 0 bridgehead atoms. The van der Waals surface area contributed by atoms with E-state index in [0.717, 1.165) is 4.57 Å². The summed E-state index contributed by atoms with van der Waals surface area (Å²) >= 11 is 0. The number of aromatic nitrogens is 4. The van der Waals surface area contributed by atoms with Crippen LogP contribution in [0.3, 0.4) is 0 Å². The fourth-order valence-electron chi connectivity index (χ4n) is 2.24. The molecule has 0 fully saturated rings. The highest BCUT2D eigenvalue weighted by Gasteiger charge is 2.19. The second kappa shape index (κ2) is 5.18. The van der Waals surface area contributed by atoms with Crippen molar-refractivity contribution >= 4 is 0 Å². The quantitative estimate of drug-likeness (QED) is 0.714. The SMILES string of the molecule is CCn1cc(-c2cccc(F)c2)nc2c(=O)n(C)c(=O)nc1-2. The molecule has 0 atom stereocenters. The van der Waals surface area contributed by atoms with E-state index in [4.69, 9.17) is 0 Å². The molecular weight excluding hydrogens is 287 g/mol. The first-order chi connectivity index (χ1) is 10.5. The summed E-state index contributed by atoms with van der Waals surface area (Å²) in [5.41, 5.74) is -0.0510. The topological polar surface area (TPSA) is 69.8 Å². The average Bonchev–Trinajstić information content (AvgIpc) is 2.52. The summed E-state index contributed by atoms with van der Waals surface area (Å²) in [6, 6.07) is 5.96. The molecule has 0 saturated heterocycles. The molecule has 6 nitrogen and oxygen atoms in total. The average molecular weight is 300 g/mol. The fourth-order valence-corrected chi connectivity index (χ4v) is 2.24. The predicted molar refractivity (Wildman–Crippen MR) is 79.2 cm³/mol. The van der Waals surface area contributed by atoms with Crippen LogP contribution in [0.5, 0.6) is 0 Å². The molecule has 0 aromatic heterocycles. The Balaban J connectivity index is 2.38. The predicted octanol–water partition coefficient (Wildman–Crippen LogP) is 1.27. The van der Waals surface area contributed by atoms with Crippen molar-refractivity contribution < 1.29 is 4.39 Å². The van der Waals surface area contributed by atoms with Crippen LogP contribution in [0.25, 0.3) is 22.8 Å². The standard InChI is InChI=1S/C15H13FN4O2/c1-3-20-8-11(9-5-4-6-10(16)7-9)17-12-13(20)18-15(22)19(2)14(12)21/h4-8H,3H2,1-2H3. The maximum absolute atomic E-state index is 13.4. The van der Waals surface area contributed by atoms with Gasteiger partial charge in [0.1, 0.15) is 5.82 Å². The lowest BCUT2D eigenvalue weighted by molar-refractivity contribution is 0.628. The van der Waals surface area contributed by atoms with Crippen LogP contribution in [0.2, 0.25) is 0 Å². The lowest BCUT2D eigenvalue weighted by atomic mass is 10.1. The van der Waals surface area contributed by atoms with Gasteiger partial charge in [0.05, 0.1) is 5.69 Å². The van der Waals surface area contributed by atoms with Crippen LogP contribution >= 0.6 is 0 Å². The zero-order valence-corrected chi connectivity index (χ0v) is 12.1. The number of benzene rings is 1. The lowest BCUT2D eigenvalue weighted by Gasteiger charge is -2.14. The number of hydrogen-bond donors (Lipinski definition) is 0. The number of hydrogen-bond acceptors (Lipinski definition) is 4. The third-order valence-electron chi connectivity index (χ3n) is 3.45. The van der Waals surface area contributed by atoms with Crippen molar-refractivity contribution in [3.05, 3.63) is 57.1 Å². The van der Waals surface area contributed by atoms with Crippen LogP contribution in [0, 0.1) is 5.82 Å². The van der Waals surface area contributed by atoms with Gasteiger partial charge < -0.3 is 4.57 Å². The summed E-state index contributed by atoms with van der Waals surface area (Å²) in [6.07, 6.45) is 1.66. The molecule has 1 aromatic carbocycles. The molecule has 0 saturated carbocycles. The maximum atomic E-state index is 13.4. The highest BCUT2D eigenvalue weighted by Crippen LogP contribution is 2.22. The van der Waals surface area contributed by atoms with Gasteiger partial charge in [-0.05, 0) is 19.1 Å². The second-order valence-corrected chi connectivity index (χ2v) is 4.85. The van der Waals surface area contributed by atoms with E-state index >= 15 is 0 Å². The molecule has 2 aliphatic heterocycles. The third-order valence-corrected chi connectivity index (χ3v) is 3.45. The van der Waals surface area contributed by atoms with E-state index in [1.165, 1.54) is 19.2 Å². The Bertz CT molecular complexity index is 945. The number of rotatable bonds is 2. The largest absolute Gasteiger partial charge is 0.352 e. The first kappa shape index (κ1) is 14.1. The molecule has 3 rings (SSSR count). The van der Waals surface area contributed by atoms with Crippen LogP contribution in [0.1, 0.15) is 6.92 Å². The summed E-state index contributed by atoms with van der Waals surface area (Å²) in [6.45, 7) is 2.36. The van der Waals surface area contributed by atoms with Gasteiger partial charge in [0.2, 0.25) is 0 Å². The Kier molecular flexibility index (Phi) is 3.32. The fraction of sp³-hybridized carbons (Fsp3) is 0.200. The minimum absolute atomic E-state index is 0.0886. The first-order valence-electron chi connectivity index (χ1n) is 6.75. The first-order valence-corrected chi connectivity index (χ1v) is 6.75. The van der Waals surface area contributed by atoms with Gasteiger partial charge in [-0.15, -0.1) is 0 Å². The summed E-state index contributed by atoms with van der Waals surface area (Å²) < 4.78 is 16.0. The van der Waals surface area contributed by atoms with E-state index in [1.807, 2.05) is 6.92 Å². The molecule has 2 heterocycles. The van der Waals surface area contributed by atoms with Crippen molar-refractivity contribution in [1.29, 1.82) is 0 Å². The molecule has 7 heteroatoms. The van der Waals surface area contributed by atoms with E-state index < -0.39 is 11.2 Å². The minimum Gasteiger partial charge on any atom is -0.329 e. The van der Waals surface area contributed by atoms with Crippen LogP contribution < -0.4 is 11.2 Å². The Morgan fingerprint density at radius 1 is 1.23 bits per heavy atom. The van der Waals surface area contributed by atoms with Gasteiger partial charge in [0.15, 0.2) is 11.5 Å². The molecule has 0 aliphatic carbocycles. The maximum Gasteiger partial charge on any atom is 0.352 e. The number of halogens is 1. The van der Waals surface area contributed by atoms with Gasteiger partial charge in [-0.2, -0.15) is 4.98 Å². The summed E-state index contributed by atoms with van der Waals surface area (Å²) in [4.78, 5) is 32.1. The molecule has 0 N–H and O–H groups in total. The molecule has 1 aromatic rings. The Morgan fingerprint density at radius 2 is 2.00 bits per heavy atom. The monoisotopic (exact) mass is 300 g/mol. The van der Waals surface area contributed by atoms with E-state index in [9.17, 15) is 14.0 Å². The van der Waals surface area contributed by atoms with Gasteiger partial charge in [0, 0.05) is 25.4 Å². The smallest absolute Gasteiger partial charge is 0.329 e.